The van der Waals surface area contributed by atoms with Gasteiger partial charge in [-0.15, -0.1) is 0 Å². The van der Waals surface area contributed by atoms with E-state index in [0.29, 0.717) is 17.2 Å². The normalized spacial score (nSPS) is 19.2. The molecule has 0 spiro atoms. The fourth-order valence-corrected chi connectivity index (χ4v) is 5.00. The van der Waals surface area contributed by atoms with E-state index in [1.54, 1.807) is 18.2 Å². The third-order valence-electron chi connectivity index (χ3n) is 5.37. The van der Waals surface area contributed by atoms with Crippen molar-refractivity contribution in [2.75, 3.05) is 6.61 Å². The largest absolute Gasteiger partial charge is 0.456 e. The molecule has 158 valence electrons. The van der Waals surface area contributed by atoms with Crippen molar-refractivity contribution in [2.24, 2.45) is 4.99 Å². The van der Waals surface area contributed by atoms with Crippen LogP contribution in [0.25, 0.3) is 0 Å². The standard InChI is InChI=1S/C21H23N3O5S/c1-12-10-17(14(3)24(12)15-8-9-15)18(25)11-29-21(26)13(2)22-20-16-6-4-5-7-19(16)30(27,28)23-20/h4-7,10,13,15H,8-9,11H2,1-3H3,(H,22,23)/t13-/m1/s1. The van der Waals surface area contributed by atoms with Crippen LogP contribution in [0.2, 0.25) is 0 Å². The average Bonchev–Trinajstić information content (AvgIpc) is 3.44. The van der Waals surface area contributed by atoms with Crippen molar-refractivity contribution in [2.45, 2.75) is 50.6 Å². The Morgan fingerprint density at radius 3 is 2.67 bits per heavy atom. The monoisotopic (exact) mass is 429 g/mol. The lowest BCUT2D eigenvalue weighted by Gasteiger charge is -2.10. The highest BCUT2D eigenvalue weighted by Crippen LogP contribution is 2.38. The molecule has 1 aliphatic carbocycles. The zero-order valence-electron chi connectivity index (χ0n) is 17.0. The molecule has 0 saturated heterocycles. The number of carbonyl (C=O) groups is 2. The van der Waals surface area contributed by atoms with Gasteiger partial charge < -0.3 is 9.30 Å². The van der Waals surface area contributed by atoms with Crippen molar-refractivity contribution in [1.82, 2.24) is 9.29 Å². The summed E-state index contributed by atoms with van der Waals surface area (Å²) < 4.78 is 34.0. The number of sulfonamides is 1. The first-order valence-corrected chi connectivity index (χ1v) is 11.3. The summed E-state index contributed by atoms with van der Waals surface area (Å²) in [5, 5.41) is 0. The zero-order chi connectivity index (χ0) is 21.6. The van der Waals surface area contributed by atoms with Gasteiger partial charge in [-0.3, -0.25) is 14.5 Å². The van der Waals surface area contributed by atoms with Crippen LogP contribution in [0.3, 0.4) is 0 Å². The molecule has 2 aliphatic rings. The van der Waals surface area contributed by atoms with E-state index in [1.165, 1.54) is 13.0 Å². The van der Waals surface area contributed by atoms with Crippen molar-refractivity contribution < 1.29 is 22.7 Å². The number of aryl methyl sites for hydroxylation is 1. The Kier molecular flexibility index (Phi) is 5.01. The number of aliphatic imine (C=N–C) groups is 1. The Morgan fingerprint density at radius 1 is 1.27 bits per heavy atom. The minimum Gasteiger partial charge on any atom is -0.456 e. The maximum Gasteiger partial charge on any atom is 0.331 e. The van der Waals surface area contributed by atoms with Crippen molar-refractivity contribution in [3.63, 3.8) is 0 Å². The van der Waals surface area contributed by atoms with E-state index in [-0.39, 0.29) is 23.1 Å². The molecule has 1 aromatic heterocycles. The molecule has 0 amide bonds. The molecule has 2 heterocycles. The molecule has 9 heteroatoms. The third-order valence-corrected chi connectivity index (χ3v) is 6.77. The van der Waals surface area contributed by atoms with Gasteiger partial charge in [0.05, 0.1) is 4.90 Å². The van der Waals surface area contributed by atoms with Crippen LogP contribution in [0, 0.1) is 13.8 Å². The van der Waals surface area contributed by atoms with Crippen LogP contribution < -0.4 is 4.72 Å². The van der Waals surface area contributed by atoms with Crippen LogP contribution in [-0.4, -0.2) is 43.2 Å². The number of Topliss-reactive ketones (excluding diaryl/α,β-unsaturated/α-hetero) is 1. The molecule has 4 rings (SSSR count). The number of hydrogen-bond donors (Lipinski definition) is 1. The van der Waals surface area contributed by atoms with Gasteiger partial charge in [0, 0.05) is 28.6 Å². The summed E-state index contributed by atoms with van der Waals surface area (Å²) in [6.45, 7) is 4.98. The van der Waals surface area contributed by atoms with Crippen LogP contribution in [0.1, 0.15) is 53.1 Å². The van der Waals surface area contributed by atoms with Crippen LogP contribution in [0.15, 0.2) is 40.2 Å². The summed E-state index contributed by atoms with van der Waals surface area (Å²) in [6.07, 6.45) is 2.23. The molecule has 1 aromatic carbocycles. The lowest BCUT2D eigenvalue weighted by atomic mass is 10.1. The molecule has 30 heavy (non-hydrogen) atoms. The number of hydrogen-bond acceptors (Lipinski definition) is 6. The molecule has 0 radical (unpaired) electrons. The molecule has 8 nitrogen and oxygen atoms in total. The minimum atomic E-state index is -3.69. The van der Waals surface area contributed by atoms with Crippen LogP contribution in [0.4, 0.5) is 0 Å². The number of nitrogens with one attached hydrogen (secondary N) is 1. The molecule has 2 aromatic rings. The van der Waals surface area contributed by atoms with Crippen LogP contribution in [-0.2, 0) is 19.6 Å². The van der Waals surface area contributed by atoms with E-state index in [4.69, 9.17) is 4.74 Å². The first kappa shape index (κ1) is 20.3. The molecule has 1 aliphatic heterocycles. The summed E-state index contributed by atoms with van der Waals surface area (Å²) in [6, 6.07) is 7.71. The highest BCUT2D eigenvalue weighted by Gasteiger charge is 2.32. The molecule has 1 saturated carbocycles. The Balaban J connectivity index is 1.43. The maximum absolute atomic E-state index is 12.6. The smallest absolute Gasteiger partial charge is 0.331 e. The van der Waals surface area contributed by atoms with Crippen LogP contribution in [0.5, 0.6) is 0 Å². The molecular weight excluding hydrogens is 406 g/mol. The van der Waals surface area contributed by atoms with E-state index in [2.05, 4.69) is 14.3 Å². The number of esters is 1. The molecule has 1 N–H and O–H groups in total. The first-order chi connectivity index (χ1) is 14.2. The SMILES string of the molecule is Cc1cc(C(=O)COC(=O)[C@@H](C)N=C2NS(=O)(=O)c3ccccc32)c(C)n1C1CC1. The fraction of sp³-hybridized carbons (Fsp3) is 0.381. The van der Waals surface area contributed by atoms with Gasteiger partial charge in [0.25, 0.3) is 10.0 Å². The number of ketones is 1. The molecule has 0 bridgehead atoms. The number of fused-ring (bicyclic) bond motifs is 1. The van der Waals surface area contributed by atoms with E-state index >= 15 is 0 Å². The highest BCUT2D eigenvalue weighted by atomic mass is 32.2. The van der Waals surface area contributed by atoms with Gasteiger partial charge in [0.2, 0.25) is 5.78 Å². The second-order valence-corrected chi connectivity index (χ2v) is 9.32. The summed E-state index contributed by atoms with van der Waals surface area (Å²) in [5.74, 6) is -0.875. The number of nitrogens with zero attached hydrogens (tertiary/aromatic N) is 2. The van der Waals surface area contributed by atoms with Crippen LogP contribution >= 0.6 is 0 Å². The van der Waals surface area contributed by atoms with Crippen molar-refractivity contribution in [3.05, 3.63) is 52.8 Å². The van der Waals surface area contributed by atoms with Gasteiger partial charge in [-0.1, -0.05) is 12.1 Å². The predicted octanol–water partition coefficient (Wildman–Crippen LogP) is 2.29. The number of ether oxygens (including phenoxy) is 1. The second kappa shape index (κ2) is 7.39. The highest BCUT2D eigenvalue weighted by molar-refractivity contribution is 7.90. The first-order valence-electron chi connectivity index (χ1n) is 9.77. The number of aromatic nitrogens is 1. The Hall–Kier alpha value is -2.94. The van der Waals surface area contributed by atoms with Gasteiger partial charge in [0.1, 0.15) is 11.9 Å². The number of rotatable bonds is 6. The van der Waals surface area contributed by atoms with Gasteiger partial charge in [-0.2, -0.15) is 0 Å². The van der Waals surface area contributed by atoms with E-state index in [0.717, 1.165) is 24.2 Å². The molecule has 0 unspecified atom stereocenters. The van der Waals surface area contributed by atoms with Gasteiger partial charge in [0.15, 0.2) is 6.61 Å². The van der Waals surface area contributed by atoms with E-state index in [1.807, 2.05) is 19.9 Å². The summed E-state index contributed by atoms with van der Waals surface area (Å²) in [7, 11) is -3.69. The van der Waals surface area contributed by atoms with Crippen molar-refractivity contribution in [3.8, 4) is 0 Å². The summed E-state index contributed by atoms with van der Waals surface area (Å²) >= 11 is 0. The quantitative estimate of drug-likeness (QED) is 0.560. The minimum absolute atomic E-state index is 0.0920. The second-order valence-electron chi connectivity index (χ2n) is 7.67. The average molecular weight is 429 g/mol. The number of benzene rings is 1. The topological polar surface area (TPSA) is 107 Å². The Morgan fingerprint density at radius 2 is 1.97 bits per heavy atom. The molecule has 1 atom stereocenters. The van der Waals surface area contributed by atoms with Crippen molar-refractivity contribution in [1.29, 1.82) is 0 Å². The maximum atomic E-state index is 12.6. The fourth-order valence-electron chi connectivity index (χ4n) is 3.77. The molecular formula is C21H23N3O5S. The van der Waals surface area contributed by atoms with Crippen molar-refractivity contribution >= 4 is 27.6 Å². The summed E-state index contributed by atoms with van der Waals surface area (Å²) in [4.78, 5) is 29.2. The Labute approximate surface area is 175 Å². The summed E-state index contributed by atoms with van der Waals surface area (Å²) in [5.41, 5.74) is 2.88. The van der Waals surface area contributed by atoms with E-state index in [9.17, 15) is 18.0 Å². The number of carbonyl (C=O) groups excluding carboxylic acids is 2. The zero-order valence-corrected chi connectivity index (χ0v) is 17.8. The predicted molar refractivity (Wildman–Crippen MR) is 110 cm³/mol. The third kappa shape index (κ3) is 3.65. The number of amidine groups is 1. The van der Waals surface area contributed by atoms with Gasteiger partial charge in [-0.05, 0) is 51.8 Å². The lowest BCUT2D eigenvalue weighted by Crippen LogP contribution is -2.27. The van der Waals surface area contributed by atoms with Gasteiger partial charge >= 0.3 is 5.97 Å². The lowest BCUT2D eigenvalue weighted by molar-refractivity contribution is -0.143. The van der Waals surface area contributed by atoms with Gasteiger partial charge in [-0.25, -0.2) is 13.2 Å². The van der Waals surface area contributed by atoms with E-state index < -0.39 is 22.0 Å². The molecule has 1 fully saturated rings. The Bertz CT molecular complexity index is 1180.